The van der Waals surface area contributed by atoms with E-state index in [1.54, 1.807) is 0 Å². The van der Waals surface area contributed by atoms with Crippen molar-refractivity contribution in [3.8, 4) is 5.75 Å². The maximum atomic E-state index is 6.00. The molecule has 0 radical (unpaired) electrons. The molecule has 2 nitrogen and oxygen atoms in total. The number of hydrogen-bond acceptors (Lipinski definition) is 2. The largest absolute Gasteiger partial charge is 0.492 e. The number of hydrogen-bond donors (Lipinski definition) is 1. The van der Waals surface area contributed by atoms with Gasteiger partial charge in [-0.05, 0) is 44.6 Å². The summed E-state index contributed by atoms with van der Waals surface area (Å²) in [5, 5.41) is 3.75. The maximum absolute atomic E-state index is 6.00. The summed E-state index contributed by atoms with van der Waals surface area (Å²) in [5.41, 5.74) is 0. The monoisotopic (exact) mass is 291 g/mol. The molecule has 0 aliphatic carbocycles. The summed E-state index contributed by atoms with van der Waals surface area (Å²) in [5.74, 6) is 0.754. The molecule has 1 N–H and O–H groups in total. The highest BCUT2D eigenvalue weighted by atomic mass is 79.9. The second-order valence-corrected chi connectivity index (χ2v) is 4.56. The Balaban J connectivity index is 2.31. The van der Waals surface area contributed by atoms with Crippen LogP contribution in [0.4, 0.5) is 0 Å². The van der Waals surface area contributed by atoms with Crippen molar-refractivity contribution in [2.24, 2.45) is 0 Å². The van der Waals surface area contributed by atoms with Gasteiger partial charge in [0, 0.05) is 4.47 Å². The molecule has 0 aliphatic rings. The van der Waals surface area contributed by atoms with Crippen LogP contribution in [0.1, 0.15) is 12.8 Å². The van der Waals surface area contributed by atoms with Gasteiger partial charge in [0.15, 0.2) is 0 Å². The lowest BCUT2D eigenvalue weighted by atomic mass is 10.3. The first kappa shape index (κ1) is 12.8. The van der Waals surface area contributed by atoms with Crippen LogP contribution in [-0.4, -0.2) is 20.2 Å². The molecule has 1 aromatic carbocycles. The summed E-state index contributed by atoms with van der Waals surface area (Å²) >= 11 is 9.35. The fourth-order valence-corrected chi connectivity index (χ4v) is 1.91. The third kappa shape index (κ3) is 4.87. The second-order valence-electron chi connectivity index (χ2n) is 3.23. The van der Waals surface area contributed by atoms with Crippen LogP contribution in [0.2, 0.25) is 5.02 Å². The smallest absolute Gasteiger partial charge is 0.137 e. The molecule has 0 fully saturated rings. The van der Waals surface area contributed by atoms with Crippen molar-refractivity contribution in [2.75, 3.05) is 20.2 Å². The van der Waals surface area contributed by atoms with Crippen molar-refractivity contribution in [1.29, 1.82) is 0 Å². The summed E-state index contributed by atoms with van der Waals surface area (Å²) in [7, 11) is 1.95. The van der Waals surface area contributed by atoms with E-state index >= 15 is 0 Å². The lowest BCUT2D eigenvalue weighted by Gasteiger charge is -2.07. The summed E-state index contributed by atoms with van der Waals surface area (Å²) < 4.78 is 6.53. The van der Waals surface area contributed by atoms with Gasteiger partial charge in [-0.25, -0.2) is 0 Å². The van der Waals surface area contributed by atoms with Gasteiger partial charge >= 0.3 is 0 Å². The molecular weight excluding hydrogens is 277 g/mol. The minimum Gasteiger partial charge on any atom is -0.492 e. The first-order chi connectivity index (χ1) is 7.24. The lowest BCUT2D eigenvalue weighted by Crippen LogP contribution is -2.09. The predicted molar refractivity (Wildman–Crippen MR) is 67.8 cm³/mol. The van der Waals surface area contributed by atoms with E-state index in [9.17, 15) is 0 Å². The van der Waals surface area contributed by atoms with Gasteiger partial charge in [-0.3, -0.25) is 0 Å². The van der Waals surface area contributed by atoms with Crippen molar-refractivity contribution >= 4 is 27.5 Å². The van der Waals surface area contributed by atoms with Gasteiger partial charge in [0.2, 0.25) is 0 Å². The Labute approximate surface area is 104 Å². The van der Waals surface area contributed by atoms with Crippen molar-refractivity contribution in [3.63, 3.8) is 0 Å². The molecule has 0 saturated heterocycles. The molecule has 0 aromatic heterocycles. The van der Waals surface area contributed by atoms with Crippen LogP contribution < -0.4 is 10.1 Å². The maximum Gasteiger partial charge on any atom is 0.137 e. The highest BCUT2D eigenvalue weighted by Crippen LogP contribution is 2.27. The van der Waals surface area contributed by atoms with E-state index in [-0.39, 0.29) is 0 Å². The molecule has 1 aromatic rings. The van der Waals surface area contributed by atoms with Crippen molar-refractivity contribution in [2.45, 2.75) is 12.8 Å². The molecule has 84 valence electrons. The average Bonchev–Trinajstić information content (AvgIpc) is 2.20. The molecule has 0 spiro atoms. The summed E-state index contributed by atoms with van der Waals surface area (Å²) in [4.78, 5) is 0. The first-order valence-electron chi connectivity index (χ1n) is 4.96. The van der Waals surface area contributed by atoms with E-state index in [0.717, 1.165) is 29.6 Å². The van der Waals surface area contributed by atoms with Crippen molar-refractivity contribution < 1.29 is 4.74 Å². The van der Waals surface area contributed by atoms with Gasteiger partial charge in [0.05, 0.1) is 11.6 Å². The highest BCUT2D eigenvalue weighted by molar-refractivity contribution is 9.10. The molecular formula is C11H15BrClNO. The van der Waals surface area contributed by atoms with E-state index in [1.165, 1.54) is 0 Å². The average molecular weight is 293 g/mol. The number of ether oxygens (including phenoxy) is 1. The molecule has 1 rings (SSSR count). The van der Waals surface area contributed by atoms with Gasteiger partial charge < -0.3 is 10.1 Å². The number of halogens is 2. The molecule has 4 heteroatoms. The Bertz CT molecular complexity index is 307. The topological polar surface area (TPSA) is 21.3 Å². The highest BCUT2D eigenvalue weighted by Gasteiger charge is 2.01. The van der Waals surface area contributed by atoms with Crippen LogP contribution in [0.15, 0.2) is 22.7 Å². The number of rotatable bonds is 6. The van der Waals surface area contributed by atoms with Crippen LogP contribution in [0, 0.1) is 0 Å². The van der Waals surface area contributed by atoms with E-state index in [4.69, 9.17) is 16.3 Å². The third-order valence-corrected chi connectivity index (χ3v) is 2.76. The molecule has 15 heavy (non-hydrogen) atoms. The summed E-state index contributed by atoms with van der Waals surface area (Å²) in [6, 6.07) is 5.64. The Kier molecular flexibility index (Phi) is 6.06. The Morgan fingerprint density at radius 2 is 2.20 bits per heavy atom. The lowest BCUT2D eigenvalue weighted by molar-refractivity contribution is 0.306. The molecule has 0 atom stereocenters. The zero-order chi connectivity index (χ0) is 11.1. The SMILES string of the molecule is CNCCCCOc1ccc(Br)cc1Cl. The number of unbranched alkanes of at least 4 members (excludes halogenated alkanes) is 1. The van der Waals surface area contributed by atoms with Crippen LogP contribution in [0.5, 0.6) is 5.75 Å². The first-order valence-corrected chi connectivity index (χ1v) is 6.13. The number of benzene rings is 1. The molecule has 0 saturated carbocycles. The fourth-order valence-electron chi connectivity index (χ4n) is 1.18. The van der Waals surface area contributed by atoms with E-state index in [2.05, 4.69) is 21.2 Å². The summed E-state index contributed by atoms with van der Waals surface area (Å²) in [6.07, 6.45) is 2.15. The Morgan fingerprint density at radius 1 is 1.40 bits per heavy atom. The van der Waals surface area contributed by atoms with Gasteiger partial charge in [0.25, 0.3) is 0 Å². The molecule has 0 heterocycles. The fraction of sp³-hybridized carbons (Fsp3) is 0.455. The van der Waals surface area contributed by atoms with Crippen molar-refractivity contribution in [1.82, 2.24) is 5.32 Å². The van der Waals surface area contributed by atoms with E-state index in [0.29, 0.717) is 11.6 Å². The zero-order valence-electron chi connectivity index (χ0n) is 8.72. The minimum atomic E-state index is 0.651. The third-order valence-electron chi connectivity index (χ3n) is 1.97. The van der Waals surface area contributed by atoms with Crippen molar-refractivity contribution in [3.05, 3.63) is 27.7 Å². The van der Waals surface area contributed by atoms with Crippen LogP contribution in [-0.2, 0) is 0 Å². The van der Waals surface area contributed by atoms with E-state index in [1.807, 2.05) is 25.2 Å². The van der Waals surface area contributed by atoms with E-state index < -0.39 is 0 Å². The molecule has 0 aliphatic heterocycles. The number of nitrogens with one attached hydrogen (secondary N) is 1. The van der Waals surface area contributed by atoms with Gasteiger partial charge in [-0.1, -0.05) is 27.5 Å². The normalized spacial score (nSPS) is 10.3. The molecule has 0 bridgehead atoms. The van der Waals surface area contributed by atoms with Crippen LogP contribution >= 0.6 is 27.5 Å². The quantitative estimate of drug-likeness (QED) is 0.811. The zero-order valence-corrected chi connectivity index (χ0v) is 11.1. The van der Waals surface area contributed by atoms with Gasteiger partial charge in [0.1, 0.15) is 5.75 Å². The second kappa shape index (κ2) is 7.09. The minimum absolute atomic E-state index is 0.651. The van der Waals surface area contributed by atoms with Crippen LogP contribution in [0.3, 0.4) is 0 Å². The standard InChI is InChI=1S/C11H15BrClNO/c1-14-6-2-3-7-15-11-5-4-9(12)8-10(11)13/h4-5,8,14H,2-3,6-7H2,1H3. The van der Waals surface area contributed by atoms with Gasteiger partial charge in [-0.2, -0.15) is 0 Å². The van der Waals surface area contributed by atoms with Crippen LogP contribution in [0.25, 0.3) is 0 Å². The molecule has 0 amide bonds. The summed E-state index contributed by atoms with van der Waals surface area (Å²) in [6.45, 7) is 1.74. The Morgan fingerprint density at radius 3 is 2.87 bits per heavy atom. The van der Waals surface area contributed by atoms with Gasteiger partial charge in [-0.15, -0.1) is 0 Å². The predicted octanol–water partition coefficient (Wildman–Crippen LogP) is 3.48. The Hall–Kier alpha value is -0.250. The molecule has 0 unspecified atom stereocenters.